The number of fused-ring (bicyclic) bond motifs is 1. The summed E-state index contributed by atoms with van der Waals surface area (Å²) in [5.74, 6) is 1.10. The van der Waals surface area contributed by atoms with Gasteiger partial charge in [0.15, 0.2) is 0 Å². The summed E-state index contributed by atoms with van der Waals surface area (Å²) in [6.45, 7) is 0.703. The van der Waals surface area contributed by atoms with Gasteiger partial charge >= 0.3 is 0 Å². The predicted molar refractivity (Wildman–Crippen MR) is 88.6 cm³/mol. The molecule has 0 aliphatic carbocycles. The molecule has 2 aromatic heterocycles. The van der Waals surface area contributed by atoms with Crippen LogP contribution in [0.2, 0.25) is 0 Å². The van der Waals surface area contributed by atoms with Crippen LogP contribution < -0.4 is 11.1 Å². The molecule has 0 saturated carbocycles. The minimum atomic E-state index is -0.0876. The SMILES string of the molecule is CSCCCCCNC(=O)c1sc2cccnc2c1N. The van der Waals surface area contributed by atoms with Gasteiger partial charge in [0.25, 0.3) is 5.91 Å². The van der Waals surface area contributed by atoms with Crippen molar-refractivity contribution < 1.29 is 4.79 Å². The fourth-order valence-electron chi connectivity index (χ4n) is 1.95. The minimum Gasteiger partial charge on any atom is -0.396 e. The van der Waals surface area contributed by atoms with Gasteiger partial charge in [0.05, 0.1) is 10.4 Å². The van der Waals surface area contributed by atoms with Crippen LogP contribution >= 0.6 is 23.1 Å². The smallest absolute Gasteiger partial charge is 0.263 e. The number of anilines is 1. The summed E-state index contributed by atoms with van der Waals surface area (Å²) in [6.07, 6.45) is 7.16. The van der Waals surface area contributed by atoms with Gasteiger partial charge in [-0.3, -0.25) is 9.78 Å². The maximum atomic E-state index is 12.1. The van der Waals surface area contributed by atoms with Gasteiger partial charge in [-0.1, -0.05) is 6.42 Å². The number of thiophene rings is 1. The molecule has 20 heavy (non-hydrogen) atoms. The summed E-state index contributed by atoms with van der Waals surface area (Å²) >= 11 is 3.26. The summed E-state index contributed by atoms with van der Waals surface area (Å²) in [6, 6.07) is 3.79. The number of nitrogens with one attached hydrogen (secondary N) is 1. The number of nitrogens with zero attached hydrogens (tertiary/aromatic N) is 1. The summed E-state index contributed by atoms with van der Waals surface area (Å²) in [4.78, 5) is 16.9. The van der Waals surface area contributed by atoms with Crippen molar-refractivity contribution in [2.75, 3.05) is 24.3 Å². The van der Waals surface area contributed by atoms with Crippen LogP contribution in [0.5, 0.6) is 0 Å². The Kier molecular flexibility index (Phi) is 5.67. The number of aromatic nitrogens is 1. The lowest BCUT2D eigenvalue weighted by molar-refractivity contribution is 0.0958. The number of carbonyl (C=O) groups is 1. The molecule has 0 unspecified atom stereocenters. The summed E-state index contributed by atoms with van der Waals surface area (Å²) < 4.78 is 0.954. The van der Waals surface area contributed by atoms with Gasteiger partial charge in [-0.2, -0.15) is 11.8 Å². The quantitative estimate of drug-likeness (QED) is 0.771. The van der Waals surface area contributed by atoms with Gasteiger partial charge in [0, 0.05) is 12.7 Å². The van der Waals surface area contributed by atoms with Gasteiger partial charge < -0.3 is 11.1 Å². The van der Waals surface area contributed by atoms with E-state index in [2.05, 4.69) is 16.6 Å². The Labute approximate surface area is 127 Å². The zero-order chi connectivity index (χ0) is 14.4. The highest BCUT2D eigenvalue weighted by Crippen LogP contribution is 2.31. The topological polar surface area (TPSA) is 68.0 Å². The number of pyridine rings is 1. The second kappa shape index (κ2) is 7.50. The van der Waals surface area contributed by atoms with E-state index in [1.807, 2.05) is 23.9 Å². The molecule has 2 heterocycles. The number of thioether (sulfide) groups is 1. The molecular formula is C14H19N3OS2. The number of nitrogen functional groups attached to an aromatic ring is 1. The van der Waals surface area contributed by atoms with Gasteiger partial charge in [-0.05, 0) is 37.0 Å². The zero-order valence-electron chi connectivity index (χ0n) is 11.5. The first kappa shape index (κ1) is 15.1. The molecule has 0 spiro atoms. The molecule has 2 aromatic rings. The van der Waals surface area contributed by atoms with E-state index < -0.39 is 0 Å². The number of hydrogen-bond donors (Lipinski definition) is 2. The summed E-state index contributed by atoms with van der Waals surface area (Å²) in [5, 5.41) is 2.93. The number of hydrogen-bond acceptors (Lipinski definition) is 5. The van der Waals surface area contributed by atoms with Crippen LogP contribution in [0.3, 0.4) is 0 Å². The average Bonchev–Trinajstić information content (AvgIpc) is 2.80. The van der Waals surface area contributed by atoms with Crippen LogP contribution in [0.25, 0.3) is 10.2 Å². The lowest BCUT2D eigenvalue weighted by atomic mass is 10.2. The number of rotatable bonds is 7. The maximum absolute atomic E-state index is 12.1. The molecule has 0 radical (unpaired) electrons. The molecule has 0 bridgehead atoms. The zero-order valence-corrected chi connectivity index (χ0v) is 13.1. The molecular weight excluding hydrogens is 290 g/mol. The largest absolute Gasteiger partial charge is 0.396 e. The first-order valence-electron chi connectivity index (χ1n) is 6.64. The van der Waals surface area contributed by atoms with E-state index in [0.29, 0.717) is 17.1 Å². The lowest BCUT2D eigenvalue weighted by Crippen LogP contribution is -2.24. The number of unbranched alkanes of at least 4 members (excludes halogenated alkanes) is 2. The van der Waals surface area contributed by atoms with Crippen molar-refractivity contribution in [3.63, 3.8) is 0 Å². The van der Waals surface area contributed by atoms with Crippen LogP contribution in [-0.2, 0) is 0 Å². The molecule has 0 aliphatic rings. The fraction of sp³-hybridized carbons (Fsp3) is 0.429. The van der Waals surface area contributed by atoms with E-state index >= 15 is 0 Å². The normalized spacial score (nSPS) is 10.8. The fourth-order valence-corrected chi connectivity index (χ4v) is 3.44. The molecule has 3 N–H and O–H groups in total. The monoisotopic (exact) mass is 309 g/mol. The highest BCUT2D eigenvalue weighted by molar-refractivity contribution is 7.98. The van der Waals surface area contributed by atoms with Gasteiger partial charge in [0.1, 0.15) is 10.4 Å². The summed E-state index contributed by atoms with van der Waals surface area (Å²) in [5.41, 5.74) is 7.21. The van der Waals surface area contributed by atoms with Crippen LogP contribution in [0.1, 0.15) is 28.9 Å². The second-order valence-corrected chi connectivity index (χ2v) is 6.54. The molecule has 2 rings (SSSR count). The average molecular weight is 309 g/mol. The first-order chi connectivity index (χ1) is 9.74. The van der Waals surface area contributed by atoms with Gasteiger partial charge in [-0.15, -0.1) is 11.3 Å². The number of carbonyl (C=O) groups excluding carboxylic acids is 1. The standard InChI is InChI=1S/C14H19N3OS2/c1-19-9-4-2-3-7-17-14(18)13-11(15)12-10(20-13)6-5-8-16-12/h5-6,8H,2-4,7,9,15H2,1H3,(H,17,18). The van der Waals surface area contributed by atoms with Crippen molar-refractivity contribution >= 4 is 44.9 Å². The highest BCUT2D eigenvalue weighted by Gasteiger charge is 2.16. The van der Waals surface area contributed by atoms with Crippen molar-refractivity contribution in [2.45, 2.75) is 19.3 Å². The molecule has 6 heteroatoms. The molecule has 0 aromatic carbocycles. The van der Waals surface area contributed by atoms with E-state index in [9.17, 15) is 4.79 Å². The van der Waals surface area contributed by atoms with E-state index in [1.165, 1.54) is 23.5 Å². The lowest BCUT2D eigenvalue weighted by Gasteiger charge is -2.04. The third-order valence-electron chi connectivity index (χ3n) is 3.00. The van der Waals surface area contributed by atoms with Crippen LogP contribution in [-0.4, -0.2) is 29.4 Å². The Morgan fingerprint density at radius 3 is 3.05 bits per heavy atom. The third-order valence-corrected chi connectivity index (χ3v) is 4.86. The van der Waals surface area contributed by atoms with E-state index in [-0.39, 0.29) is 5.91 Å². The molecule has 108 valence electrons. The highest BCUT2D eigenvalue weighted by atomic mass is 32.2. The van der Waals surface area contributed by atoms with Crippen molar-refractivity contribution in [3.05, 3.63) is 23.2 Å². The third kappa shape index (κ3) is 3.64. The molecule has 0 aliphatic heterocycles. The van der Waals surface area contributed by atoms with Crippen molar-refractivity contribution in [1.29, 1.82) is 0 Å². The van der Waals surface area contributed by atoms with Crippen LogP contribution in [0, 0.1) is 0 Å². The van der Waals surface area contributed by atoms with Crippen molar-refractivity contribution in [2.24, 2.45) is 0 Å². The molecule has 0 atom stereocenters. The first-order valence-corrected chi connectivity index (χ1v) is 8.85. The minimum absolute atomic E-state index is 0.0876. The second-order valence-electron chi connectivity index (χ2n) is 4.50. The Morgan fingerprint density at radius 1 is 1.45 bits per heavy atom. The van der Waals surface area contributed by atoms with E-state index in [0.717, 1.165) is 23.1 Å². The number of amides is 1. The number of nitrogens with two attached hydrogens (primary N) is 1. The van der Waals surface area contributed by atoms with Crippen molar-refractivity contribution in [1.82, 2.24) is 10.3 Å². The van der Waals surface area contributed by atoms with Gasteiger partial charge in [0.2, 0.25) is 0 Å². The Bertz CT molecular complexity index is 583. The van der Waals surface area contributed by atoms with Crippen LogP contribution in [0.4, 0.5) is 5.69 Å². The Balaban J connectivity index is 1.89. The van der Waals surface area contributed by atoms with E-state index in [4.69, 9.17) is 5.73 Å². The molecule has 0 saturated heterocycles. The maximum Gasteiger partial charge on any atom is 0.263 e. The van der Waals surface area contributed by atoms with Crippen molar-refractivity contribution in [3.8, 4) is 0 Å². The Morgan fingerprint density at radius 2 is 2.30 bits per heavy atom. The van der Waals surface area contributed by atoms with E-state index in [1.54, 1.807) is 6.20 Å². The van der Waals surface area contributed by atoms with Gasteiger partial charge in [-0.25, -0.2) is 0 Å². The molecule has 0 fully saturated rings. The predicted octanol–water partition coefficient (Wildman–Crippen LogP) is 3.14. The molecule has 4 nitrogen and oxygen atoms in total. The molecule has 1 amide bonds. The summed E-state index contributed by atoms with van der Waals surface area (Å²) in [7, 11) is 0. The Hall–Kier alpha value is -1.27. The van der Waals surface area contributed by atoms with Crippen LogP contribution in [0.15, 0.2) is 18.3 Å².